The van der Waals surface area contributed by atoms with Crippen LogP contribution in [0.5, 0.6) is 0 Å². The fraction of sp³-hybridized carbons (Fsp3) is 0.333. The zero-order chi connectivity index (χ0) is 14.4. The number of aromatic nitrogens is 2. The molecule has 0 atom stereocenters. The van der Waals surface area contributed by atoms with Gasteiger partial charge >= 0.3 is 0 Å². The Morgan fingerprint density at radius 3 is 2.55 bits per heavy atom. The Kier molecular flexibility index (Phi) is 5.12. The van der Waals surface area contributed by atoms with Crippen LogP contribution >= 0.6 is 12.2 Å². The summed E-state index contributed by atoms with van der Waals surface area (Å²) >= 11 is 5.28. The normalized spacial score (nSPS) is 10.3. The van der Waals surface area contributed by atoms with Gasteiger partial charge in [-0.3, -0.25) is 4.68 Å². The summed E-state index contributed by atoms with van der Waals surface area (Å²) in [5.41, 5.74) is 3.44. The Morgan fingerprint density at radius 1 is 1.20 bits per heavy atom. The summed E-state index contributed by atoms with van der Waals surface area (Å²) in [6, 6.07) is 10.2. The Bertz CT molecular complexity index is 563. The molecule has 0 saturated heterocycles. The van der Waals surface area contributed by atoms with Crippen molar-refractivity contribution in [3.63, 3.8) is 0 Å². The van der Waals surface area contributed by atoms with Crippen LogP contribution in [0.3, 0.4) is 0 Å². The highest BCUT2D eigenvalue weighted by Crippen LogP contribution is 2.05. The maximum Gasteiger partial charge on any atom is 0.166 e. The standard InChI is InChI=1S/C15H20N4S/c1-3-19-11-14(12(2)18-19)10-17-15(20)16-9-13-7-5-4-6-8-13/h4-8,11H,3,9-10H2,1-2H3,(H2,16,17,20). The van der Waals surface area contributed by atoms with E-state index in [4.69, 9.17) is 12.2 Å². The third kappa shape index (κ3) is 4.06. The molecule has 106 valence electrons. The minimum absolute atomic E-state index is 0.664. The van der Waals surface area contributed by atoms with Gasteiger partial charge in [-0.1, -0.05) is 30.3 Å². The predicted molar refractivity (Wildman–Crippen MR) is 85.4 cm³/mol. The summed E-state index contributed by atoms with van der Waals surface area (Å²) < 4.78 is 1.94. The third-order valence-electron chi connectivity index (χ3n) is 3.11. The molecule has 2 N–H and O–H groups in total. The summed E-state index contributed by atoms with van der Waals surface area (Å²) in [7, 11) is 0. The highest BCUT2D eigenvalue weighted by Gasteiger charge is 2.04. The van der Waals surface area contributed by atoms with E-state index in [1.165, 1.54) is 11.1 Å². The molecule has 0 spiro atoms. The van der Waals surface area contributed by atoms with Gasteiger partial charge in [0, 0.05) is 31.4 Å². The van der Waals surface area contributed by atoms with Gasteiger partial charge in [0.2, 0.25) is 0 Å². The van der Waals surface area contributed by atoms with Gasteiger partial charge in [0.15, 0.2) is 5.11 Å². The molecule has 1 aromatic carbocycles. The van der Waals surface area contributed by atoms with Gasteiger partial charge in [-0.15, -0.1) is 0 Å². The highest BCUT2D eigenvalue weighted by molar-refractivity contribution is 7.80. The first-order valence-electron chi connectivity index (χ1n) is 6.77. The van der Waals surface area contributed by atoms with Gasteiger partial charge in [-0.2, -0.15) is 5.10 Å². The molecule has 0 unspecified atom stereocenters. The molecule has 1 aromatic heterocycles. The van der Waals surface area contributed by atoms with Crippen molar-refractivity contribution in [1.82, 2.24) is 20.4 Å². The van der Waals surface area contributed by atoms with Crippen LogP contribution in [0.25, 0.3) is 0 Å². The van der Waals surface area contributed by atoms with Gasteiger partial charge in [-0.05, 0) is 31.6 Å². The molecule has 0 radical (unpaired) electrons. The van der Waals surface area contributed by atoms with Crippen LogP contribution in [0.2, 0.25) is 0 Å². The molecule has 2 aromatic rings. The van der Waals surface area contributed by atoms with Crippen molar-refractivity contribution in [1.29, 1.82) is 0 Å². The van der Waals surface area contributed by atoms with E-state index in [2.05, 4.69) is 41.0 Å². The van der Waals surface area contributed by atoms with E-state index in [0.29, 0.717) is 11.7 Å². The summed E-state index contributed by atoms with van der Waals surface area (Å²) in [6.45, 7) is 6.42. The van der Waals surface area contributed by atoms with Crippen molar-refractivity contribution in [2.24, 2.45) is 0 Å². The van der Waals surface area contributed by atoms with Crippen LogP contribution in [0.4, 0.5) is 0 Å². The molecule has 1 heterocycles. The largest absolute Gasteiger partial charge is 0.359 e. The van der Waals surface area contributed by atoms with Crippen LogP contribution in [0.1, 0.15) is 23.7 Å². The second-order valence-electron chi connectivity index (χ2n) is 4.62. The van der Waals surface area contributed by atoms with Crippen molar-refractivity contribution in [2.75, 3.05) is 0 Å². The van der Waals surface area contributed by atoms with Gasteiger partial charge < -0.3 is 10.6 Å². The Labute approximate surface area is 125 Å². The first-order chi connectivity index (χ1) is 9.69. The Morgan fingerprint density at radius 2 is 1.90 bits per heavy atom. The van der Waals surface area contributed by atoms with Crippen molar-refractivity contribution in [3.8, 4) is 0 Å². The zero-order valence-corrected chi connectivity index (χ0v) is 12.7. The Balaban J connectivity index is 1.79. The maximum atomic E-state index is 5.28. The number of benzene rings is 1. The molecular weight excluding hydrogens is 268 g/mol. The zero-order valence-electron chi connectivity index (χ0n) is 11.9. The molecule has 20 heavy (non-hydrogen) atoms. The first-order valence-corrected chi connectivity index (χ1v) is 7.18. The lowest BCUT2D eigenvalue weighted by Crippen LogP contribution is -2.34. The lowest BCUT2D eigenvalue weighted by molar-refractivity contribution is 0.653. The van der Waals surface area contributed by atoms with E-state index in [1.54, 1.807) is 0 Å². The third-order valence-corrected chi connectivity index (χ3v) is 3.40. The van der Waals surface area contributed by atoms with Crippen LogP contribution in [-0.2, 0) is 19.6 Å². The molecule has 4 nitrogen and oxygen atoms in total. The lowest BCUT2D eigenvalue weighted by atomic mass is 10.2. The predicted octanol–water partition coefficient (Wildman–Crippen LogP) is 2.38. The Hall–Kier alpha value is -1.88. The molecule has 0 aliphatic heterocycles. The minimum Gasteiger partial charge on any atom is -0.359 e. The number of thiocarbonyl (C=S) groups is 1. The number of nitrogens with one attached hydrogen (secondary N) is 2. The van der Waals surface area contributed by atoms with Crippen LogP contribution in [0.15, 0.2) is 36.5 Å². The van der Waals surface area contributed by atoms with Crippen molar-refractivity contribution in [2.45, 2.75) is 33.5 Å². The van der Waals surface area contributed by atoms with Gasteiger partial charge in [0.25, 0.3) is 0 Å². The van der Waals surface area contributed by atoms with Crippen molar-refractivity contribution < 1.29 is 0 Å². The quantitative estimate of drug-likeness (QED) is 0.829. The number of aryl methyl sites for hydroxylation is 2. The van der Waals surface area contributed by atoms with Crippen LogP contribution in [-0.4, -0.2) is 14.9 Å². The molecule has 5 heteroatoms. The number of hydrogen-bond acceptors (Lipinski definition) is 2. The minimum atomic E-state index is 0.664. The average Bonchev–Trinajstić information content (AvgIpc) is 2.84. The second kappa shape index (κ2) is 7.05. The summed E-state index contributed by atoms with van der Waals surface area (Å²) in [4.78, 5) is 0. The smallest absolute Gasteiger partial charge is 0.166 e. The highest BCUT2D eigenvalue weighted by atomic mass is 32.1. The van der Waals surface area contributed by atoms with Crippen molar-refractivity contribution >= 4 is 17.3 Å². The maximum absolute atomic E-state index is 5.28. The van der Waals surface area contributed by atoms with E-state index < -0.39 is 0 Å². The van der Waals surface area contributed by atoms with Crippen LogP contribution in [0, 0.1) is 6.92 Å². The topological polar surface area (TPSA) is 41.9 Å². The van der Waals surface area contributed by atoms with Crippen molar-refractivity contribution in [3.05, 3.63) is 53.3 Å². The van der Waals surface area contributed by atoms with E-state index in [0.717, 1.165) is 18.8 Å². The molecule has 0 fully saturated rings. The van der Waals surface area contributed by atoms with E-state index in [9.17, 15) is 0 Å². The van der Waals surface area contributed by atoms with Gasteiger partial charge in [-0.25, -0.2) is 0 Å². The SMILES string of the molecule is CCn1cc(CNC(=S)NCc2ccccc2)c(C)n1. The summed E-state index contributed by atoms with van der Waals surface area (Å²) in [5, 5.41) is 11.5. The fourth-order valence-electron chi connectivity index (χ4n) is 1.91. The lowest BCUT2D eigenvalue weighted by Gasteiger charge is -2.10. The first kappa shape index (κ1) is 14.5. The molecule has 2 rings (SSSR count). The fourth-order valence-corrected chi connectivity index (χ4v) is 2.06. The average molecular weight is 288 g/mol. The second-order valence-corrected chi connectivity index (χ2v) is 5.03. The number of hydrogen-bond donors (Lipinski definition) is 2. The molecular formula is C15H20N4S. The number of nitrogens with zero attached hydrogens (tertiary/aromatic N) is 2. The van der Waals surface area contributed by atoms with E-state index >= 15 is 0 Å². The monoisotopic (exact) mass is 288 g/mol. The van der Waals surface area contributed by atoms with Gasteiger partial charge in [0.05, 0.1) is 5.69 Å². The molecule has 0 amide bonds. The van der Waals surface area contributed by atoms with Gasteiger partial charge in [0.1, 0.15) is 0 Å². The molecule has 0 aliphatic carbocycles. The number of rotatable bonds is 5. The molecule has 0 saturated carbocycles. The summed E-state index contributed by atoms with van der Waals surface area (Å²) in [5.74, 6) is 0. The summed E-state index contributed by atoms with van der Waals surface area (Å²) in [6.07, 6.45) is 2.06. The van der Waals surface area contributed by atoms with E-state index in [1.807, 2.05) is 29.8 Å². The van der Waals surface area contributed by atoms with E-state index in [-0.39, 0.29) is 0 Å². The van der Waals surface area contributed by atoms with Crippen LogP contribution < -0.4 is 10.6 Å². The molecule has 0 bridgehead atoms. The molecule has 0 aliphatic rings.